The Morgan fingerprint density at radius 3 is 2.84 bits per heavy atom. The Hall–Kier alpha value is -1.03. The van der Waals surface area contributed by atoms with Gasteiger partial charge >= 0.3 is 0 Å². The Kier molecular flexibility index (Phi) is 3.29. The molecule has 1 aromatic carbocycles. The smallest absolute Gasteiger partial charge is 0.152 e. The molecule has 4 heteroatoms. The third-order valence-corrected chi connectivity index (χ3v) is 4.47. The zero-order chi connectivity index (χ0) is 13.5. The van der Waals surface area contributed by atoms with Crippen LogP contribution in [0.3, 0.4) is 0 Å². The second-order valence-electron chi connectivity index (χ2n) is 5.36. The number of rotatable bonds is 4. The van der Waals surface area contributed by atoms with Crippen LogP contribution in [-0.4, -0.2) is 12.7 Å². The first-order valence-corrected chi connectivity index (χ1v) is 7.00. The fourth-order valence-electron chi connectivity index (χ4n) is 2.79. The van der Waals surface area contributed by atoms with Crippen LogP contribution >= 0.6 is 11.6 Å². The molecule has 0 saturated heterocycles. The summed E-state index contributed by atoms with van der Waals surface area (Å²) in [5.74, 6) is 0.784. The summed E-state index contributed by atoms with van der Waals surface area (Å²) in [5, 5.41) is 1.62. The topological polar surface area (TPSA) is 48.4 Å². The Labute approximate surface area is 117 Å². The molecule has 1 fully saturated rings. The van der Waals surface area contributed by atoms with Gasteiger partial charge in [0.2, 0.25) is 0 Å². The molecule has 1 aliphatic carbocycles. The van der Waals surface area contributed by atoms with Crippen molar-refractivity contribution in [3.63, 3.8) is 0 Å². The van der Waals surface area contributed by atoms with Gasteiger partial charge in [-0.3, -0.25) is 0 Å². The van der Waals surface area contributed by atoms with Gasteiger partial charge in [0, 0.05) is 12.5 Å². The summed E-state index contributed by atoms with van der Waals surface area (Å²) in [7, 11) is 1.77. The molecule has 2 aromatic rings. The van der Waals surface area contributed by atoms with E-state index in [-0.39, 0.29) is 11.6 Å². The molecule has 0 bridgehead atoms. The molecule has 0 radical (unpaired) electrons. The SMILES string of the molecule is COC1(CC(N)c2cc3cccc(Cl)c3o2)CCC1. The molecule has 1 saturated carbocycles. The average Bonchev–Trinajstić information content (AvgIpc) is 2.79. The van der Waals surface area contributed by atoms with E-state index in [9.17, 15) is 0 Å². The molecule has 102 valence electrons. The summed E-state index contributed by atoms with van der Waals surface area (Å²) in [6, 6.07) is 7.55. The average molecular weight is 280 g/mol. The lowest BCUT2D eigenvalue weighted by atomic mass is 9.75. The number of fused-ring (bicyclic) bond motifs is 1. The van der Waals surface area contributed by atoms with Crippen molar-refractivity contribution in [1.82, 2.24) is 0 Å². The maximum absolute atomic E-state index is 6.26. The van der Waals surface area contributed by atoms with Crippen molar-refractivity contribution in [2.24, 2.45) is 5.73 Å². The Morgan fingerprint density at radius 1 is 1.47 bits per heavy atom. The van der Waals surface area contributed by atoms with Crippen LogP contribution in [-0.2, 0) is 4.74 Å². The molecule has 3 rings (SSSR count). The molecule has 0 aliphatic heterocycles. The van der Waals surface area contributed by atoms with Crippen LogP contribution in [0, 0.1) is 0 Å². The van der Waals surface area contributed by atoms with Gasteiger partial charge in [0.25, 0.3) is 0 Å². The minimum Gasteiger partial charge on any atom is -0.458 e. The highest BCUT2D eigenvalue weighted by Crippen LogP contribution is 2.42. The second-order valence-corrected chi connectivity index (χ2v) is 5.77. The van der Waals surface area contributed by atoms with Gasteiger partial charge in [0.1, 0.15) is 5.76 Å². The van der Waals surface area contributed by atoms with Crippen molar-refractivity contribution in [3.8, 4) is 0 Å². The van der Waals surface area contributed by atoms with Gasteiger partial charge in [-0.15, -0.1) is 0 Å². The minimum atomic E-state index is -0.149. The highest BCUT2D eigenvalue weighted by molar-refractivity contribution is 6.34. The third kappa shape index (κ3) is 2.27. The first-order chi connectivity index (χ1) is 9.13. The summed E-state index contributed by atoms with van der Waals surface area (Å²) >= 11 is 6.11. The maximum Gasteiger partial charge on any atom is 0.152 e. The molecular weight excluding hydrogens is 262 g/mol. The summed E-state index contributed by atoms with van der Waals surface area (Å²) < 4.78 is 11.4. The van der Waals surface area contributed by atoms with Gasteiger partial charge in [-0.25, -0.2) is 0 Å². The Balaban J connectivity index is 1.85. The molecule has 2 N–H and O–H groups in total. The van der Waals surface area contributed by atoms with E-state index in [1.54, 1.807) is 7.11 Å². The lowest BCUT2D eigenvalue weighted by molar-refractivity contribution is -0.0825. The Bertz CT molecular complexity index is 583. The number of furan rings is 1. The van der Waals surface area contributed by atoms with E-state index >= 15 is 0 Å². The summed E-state index contributed by atoms with van der Waals surface area (Å²) in [6.45, 7) is 0. The van der Waals surface area contributed by atoms with Crippen LogP contribution in [0.2, 0.25) is 5.02 Å². The minimum absolute atomic E-state index is 0.0534. The number of ether oxygens (including phenoxy) is 1. The van der Waals surface area contributed by atoms with E-state index in [4.69, 9.17) is 26.5 Å². The monoisotopic (exact) mass is 279 g/mol. The highest BCUT2D eigenvalue weighted by Gasteiger charge is 2.39. The number of hydrogen-bond donors (Lipinski definition) is 1. The normalized spacial score (nSPS) is 19.3. The van der Waals surface area contributed by atoms with Gasteiger partial charge in [-0.05, 0) is 37.8 Å². The van der Waals surface area contributed by atoms with Crippen LogP contribution in [0.15, 0.2) is 28.7 Å². The van der Waals surface area contributed by atoms with Crippen molar-refractivity contribution in [2.75, 3.05) is 7.11 Å². The van der Waals surface area contributed by atoms with Gasteiger partial charge in [0.15, 0.2) is 5.58 Å². The van der Waals surface area contributed by atoms with Gasteiger partial charge in [-0.1, -0.05) is 23.7 Å². The quantitative estimate of drug-likeness (QED) is 0.919. The van der Waals surface area contributed by atoms with E-state index in [0.717, 1.165) is 36.0 Å². The zero-order valence-electron chi connectivity index (χ0n) is 11.0. The van der Waals surface area contributed by atoms with E-state index in [1.807, 2.05) is 24.3 Å². The fraction of sp³-hybridized carbons (Fsp3) is 0.467. The number of para-hydroxylation sites is 1. The van der Waals surface area contributed by atoms with Crippen molar-refractivity contribution in [3.05, 3.63) is 35.0 Å². The lowest BCUT2D eigenvalue weighted by Crippen LogP contribution is -2.41. The third-order valence-electron chi connectivity index (χ3n) is 4.17. The fourth-order valence-corrected chi connectivity index (χ4v) is 3.01. The van der Waals surface area contributed by atoms with E-state index in [0.29, 0.717) is 5.02 Å². The number of halogens is 1. The van der Waals surface area contributed by atoms with E-state index in [1.165, 1.54) is 6.42 Å². The molecule has 3 nitrogen and oxygen atoms in total. The zero-order valence-corrected chi connectivity index (χ0v) is 11.7. The molecule has 19 heavy (non-hydrogen) atoms. The van der Waals surface area contributed by atoms with Crippen LogP contribution < -0.4 is 5.73 Å². The largest absolute Gasteiger partial charge is 0.458 e. The predicted molar refractivity (Wildman–Crippen MR) is 76.4 cm³/mol. The number of benzene rings is 1. The molecule has 0 spiro atoms. The van der Waals surface area contributed by atoms with Gasteiger partial charge < -0.3 is 14.9 Å². The molecule has 1 unspecified atom stereocenters. The van der Waals surface area contributed by atoms with Crippen molar-refractivity contribution in [2.45, 2.75) is 37.3 Å². The highest BCUT2D eigenvalue weighted by atomic mass is 35.5. The van der Waals surface area contributed by atoms with Gasteiger partial charge in [-0.2, -0.15) is 0 Å². The summed E-state index contributed by atoms with van der Waals surface area (Å²) in [6.07, 6.45) is 4.17. The van der Waals surface area contributed by atoms with Crippen LogP contribution in [0.4, 0.5) is 0 Å². The van der Waals surface area contributed by atoms with Gasteiger partial charge in [0.05, 0.1) is 16.7 Å². The molecule has 1 aromatic heterocycles. The van der Waals surface area contributed by atoms with E-state index < -0.39 is 0 Å². The maximum atomic E-state index is 6.26. The predicted octanol–water partition coefficient (Wildman–Crippen LogP) is 4.05. The number of nitrogens with two attached hydrogens (primary N) is 1. The standard InChI is InChI=1S/C15H18ClNO2/c1-18-15(6-3-7-15)9-12(17)13-8-10-4-2-5-11(16)14(10)19-13/h2,4-5,8,12H,3,6-7,9,17H2,1H3. The molecular formula is C15H18ClNO2. The molecule has 1 heterocycles. The molecule has 0 amide bonds. The van der Waals surface area contributed by atoms with E-state index in [2.05, 4.69) is 0 Å². The summed E-state index contributed by atoms with van der Waals surface area (Å²) in [5.41, 5.74) is 6.93. The van der Waals surface area contributed by atoms with Crippen LogP contribution in [0.5, 0.6) is 0 Å². The molecule has 1 aliphatic rings. The van der Waals surface area contributed by atoms with Crippen molar-refractivity contribution >= 4 is 22.6 Å². The van der Waals surface area contributed by atoms with Crippen LogP contribution in [0.1, 0.15) is 37.5 Å². The Morgan fingerprint density at radius 2 is 2.26 bits per heavy atom. The van der Waals surface area contributed by atoms with Crippen molar-refractivity contribution < 1.29 is 9.15 Å². The summed E-state index contributed by atoms with van der Waals surface area (Å²) in [4.78, 5) is 0. The van der Waals surface area contributed by atoms with Crippen LogP contribution in [0.25, 0.3) is 11.0 Å². The van der Waals surface area contributed by atoms with Crippen molar-refractivity contribution in [1.29, 1.82) is 0 Å². The second kappa shape index (κ2) is 4.82. The first-order valence-electron chi connectivity index (χ1n) is 6.62. The first kappa shape index (κ1) is 13.0. The number of hydrogen-bond acceptors (Lipinski definition) is 3. The lowest BCUT2D eigenvalue weighted by Gasteiger charge is -2.41. The number of methoxy groups -OCH3 is 1. The molecule has 1 atom stereocenters.